The molecule has 1 saturated heterocycles. The average Bonchev–Trinajstić information content (AvgIpc) is 2.81. The van der Waals surface area contributed by atoms with Gasteiger partial charge in [-0.15, -0.1) is 0 Å². The first-order valence-electron chi connectivity index (χ1n) is 10.8. The van der Waals surface area contributed by atoms with Gasteiger partial charge in [0.2, 0.25) is 5.91 Å². The molecular weight excluding hydrogens is 394 g/mol. The normalized spacial score (nSPS) is 14.0. The van der Waals surface area contributed by atoms with E-state index in [-0.39, 0.29) is 24.6 Å². The molecule has 1 aliphatic rings. The summed E-state index contributed by atoms with van der Waals surface area (Å²) in [5.74, 6) is 0.617. The van der Waals surface area contributed by atoms with Crippen molar-refractivity contribution >= 4 is 22.6 Å². The number of carbonyl (C=O) groups excluding carboxylic acids is 1. The van der Waals surface area contributed by atoms with E-state index in [0.717, 1.165) is 41.9 Å². The number of aromatic nitrogens is 3. The fraction of sp³-hybridized carbons (Fsp3) is 0.391. The Morgan fingerprint density at radius 1 is 1.03 bits per heavy atom. The summed E-state index contributed by atoms with van der Waals surface area (Å²) in [6.07, 6.45) is 5.30. The van der Waals surface area contributed by atoms with Crippen LogP contribution in [0.5, 0.6) is 0 Å². The van der Waals surface area contributed by atoms with Crippen LogP contribution < -0.4 is 21.5 Å². The van der Waals surface area contributed by atoms with E-state index < -0.39 is 5.69 Å². The van der Waals surface area contributed by atoms with Crippen LogP contribution in [0.3, 0.4) is 0 Å². The second kappa shape index (κ2) is 9.16. The highest BCUT2D eigenvalue weighted by molar-refractivity contribution is 5.81. The molecule has 0 radical (unpaired) electrons. The van der Waals surface area contributed by atoms with Crippen molar-refractivity contribution in [3.8, 4) is 0 Å². The molecule has 0 spiro atoms. The van der Waals surface area contributed by atoms with Gasteiger partial charge in [-0.1, -0.05) is 18.2 Å². The number of nitrogens with one attached hydrogen (secondary N) is 1. The number of pyridine rings is 1. The largest absolute Gasteiger partial charge is 0.356 e. The third-order valence-electron chi connectivity index (χ3n) is 5.75. The summed E-state index contributed by atoms with van der Waals surface area (Å²) in [6.45, 7) is 4.11. The van der Waals surface area contributed by atoms with Crippen LogP contribution in [0.15, 0.2) is 52.2 Å². The third-order valence-corrected chi connectivity index (χ3v) is 5.75. The number of rotatable bonds is 6. The Balaban J connectivity index is 1.55. The fourth-order valence-corrected chi connectivity index (χ4v) is 4.15. The van der Waals surface area contributed by atoms with Gasteiger partial charge in [0.15, 0.2) is 0 Å². The smallest absolute Gasteiger partial charge is 0.331 e. The lowest BCUT2D eigenvalue weighted by Crippen LogP contribution is -2.42. The molecule has 3 heterocycles. The van der Waals surface area contributed by atoms with Crippen molar-refractivity contribution in [3.63, 3.8) is 0 Å². The third kappa shape index (κ3) is 4.23. The number of fused-ring (bicyclic) bond motifs is 1. The summed E-state index contributed by atoms with van der Waals surface area (Å²) in [4.78, 5) is 44.9. The summed E-state index contributed by atoms with van der Waals surface area (Å²) in [7, 11) is 0. The maximum Gasteiger partial charge on any atom is 0.331 e. The lowest BCUT2D eigenvalue weighted by molar-refractivity contribution is -0.121. The highest BCUT2D eigenvalue weighted by atomic mass is 16.2. The number of para-hydroxylation sites is 1. The summed E-state index contributed by atoms with van der Waals surface area (Å²) >= 11 is 0. The van der Waals surface area contributed by atoms with E-state index in [4.69, 9.17) is 0 Å². The Morgan fingerprint density at radius 2 is 1.81 bits per heavy atom. The van der Waals surface area contributed by atoms with Crippen molar-refractivity contribution < 1.29 is 4.79 Å². The van der Waals surface area contributed by atoms with Gasteiger partial charge in [0.05, 0.1) is 10.9 Å². The highest BCUT2D eigenvalue weighted by Crippen LogP contribution is 2.21. The van der Waals surface area contributed by atoms with Crippen molar-refractivity contribution in [2.45, 2.75) is 45.8 Å². The number of benzene rings is 1. The molecule has 31 heavy (non-hydrogen) atoms. The van der Waals surface area contributed by atoms with Crippen LogP contribution in [-0.2, 0) is 24.4 Å². The van der Waals surface area contributed by atoms with Crippen molar-refractivity contribution in [1.82, 2.24) is 19.4 Å². The Kier molecular flexibility index (Phi) is 6.16. The number of nitrogens with zero attached hydrogens (tertiary/aromatic N) is 4. The molecule has 8 heteroatoms. The van der Waals surface area contributed by atoms with Gasteiger partial charge in [0.1, 0.15) is 12.4 Å². The molecule has 3 aromatic rings. The van der Waals surface area contributed by atoms with Crippen LogP contribution in [-0.4, -0.2) is 33.1 Å². The van der Waals surface area contributed by atoms with Gasteiger partial charge in [-0.05, 0) is 44.4 Å². The minimum atomic E-state index is -0.475. The molecule has 2 aromatic heterocycles. The molecule has 1 amide bonds. The van der Waals surface area contributed by atoms with E-state index >= 15 is 0 Å². The van der Waals surface area contributed by atoms with E-state index in [1.807, 2.05) is 12.1 Å². The van der Waals surface area contributed by atoms with Gasteiger partial charge in [-0.25, -0.2) is 9.78 Å². The minimum Gasteiger partial charge on any atom is -0.356 e. The molecule has 0 bridgehead atoms. The molecule has 1 aliphatic heterocycles. The maximum atomic E-state index is 12.8. The van der Waals surface area contributed by atoms with E-state index in [9.17, 15) is 14.4 Å². The summed E-state index contributed by atoms with van der Waals surface area (Å²) in [5.41, 5.74) is 0.610. The van der Waals surface area contributed by atoms with Crippen LogP contribution in [0.2, 0.25) is 0 Å². The van der Waals surface area contributed by atoms with Crippen molar-refractivity contribution in [1.29, 1.82) is 0 Å². The first kappa shape index (κ1) is 20.8. The van der Waals surface area contributed by atoms with Crippen molar-refractivity contribution in [2.24, 2.45) is 0 Å². The van der Waals surface area contributed by atoms with Crippen LogP contribution in [0.4, 0.5) is 5.82 Å². The van der Waals surface area contributed by atoms with Gasteiger partial charge >= 0.3 is 5.69 Å². The zero-order chi connectivity index (χ0) is 21.8. The molecule has 0 unspecified atom stereocenters. The topological polar surface area (TPSA) is 89.2 Å². The van der Waals surface area contributed by atoms with Gasteiger partial charge in [-0.3, -0.25) is 18.7 Å². The maximum absolute atomic E-state index is 12.8. The van der Waals surface area contributed by atoms with E-state index in [1.165, 1.54) is 11.0 Å². The number of piperidine rings is 1. The molecule has 0 atom stereocenters. The van der Waals surface area contributed by atoms with Crippen LogP contribution in [0.1, 0.15) is 31.7 Å². The second-order valence-corrected chi connectivity index (χ2v) is 7.75. The summed E-state index contributed by atoms with van der Waals surface area (Å²) in [6, 6.07) is 10.7. The Hall–Kier alpha value is -3.42. The fourth-order valence-electron chi connectivity index (χ4n) is 4.15. The van der Waals surface area contributed by atoms with E-state index in [0.29, 0.717) is 17.4 Å². The molecule has 1 N–H and O–H groups in total. The number of anilines is 1. The molecule has 4 rings (SSSR count). The number of hydrogen-bond acceptors (Lipinski definition) is 5. The minimum absolute atomic E-state index is 0.154. The molecule has 1 fully saturated rings. The molecule has 0 saturated carbocycles. The molecule has 0 aliphatic carbocycles. The first-order chi connectivity index (χ1) is 15.1. The number of amides is 1. The predicted octanol–water partition coefficient (Wildman–Crippen LogP) is 1.88. The Labute approximate surface area is 180 Å². The van der Waals surface area contributed by atoms with Crippen molar-refractivity contribution in [3.05, 3.63) is 69.0 Å². The summed E-state index contributed by atoms with van der Waals surface area (Å²) < 4.78 is 2.52. The second-order valence-electron chi connectivity index (χ2n) is 7.75. The van der Waals surface area contributed by atoms with Gasteiger partial charge in [0.25, 0.3) is 5.56 Å². The lowest BCUT2D eigenvalue weighted by Gasteiger charge is -2.29. The predicted molar refractivity (Wildman–Crippen MR) is 120 cm³/mol. The molecular formula is C23H27N5O3. The molecule has 162 valence electrons. The van der Waals surface area contributed by atoms with Crippen LogP contribution in [0.25, 0.3) is 10.9 Å². The zero-order valence-electron chi connectivity index (χ0n) is 17.7. The van der Waals surface area contributed by atoms with Crippen LogP contribution >= 0.6 is 0 Å². The highest BCUT2D eigenvalue weighted by Gasteiger charge is 2.17. The monoisotopic (exact) mass is 421 g/mol. The van der Waals surface area contributed by atoms with Gasteiger partial charge in [-0.2, -0.15) is 0 Å². The zero-order valence-corrected chi connectivity index (χ0v) is 17.7. The average molecular weight is 422 g/mol. The Morgan fingerprint density at radius 3 is 2.58 bits per heavy atom. The molecule has 8 nitrogen and oxygen atoms in total. The van der Waals surface area contributed by atoms with Gasteiger partial charge in [0, 0.05) is 37.9 Å². The Bertz CT molecular complexity index is 1210. The SMILES string of the molecule is CCn1c(=O)c2ccccc2n(CC(=O)NCc2cccnc2N2CCCCC2)c1=O. The van der Waals surface area contributed by atoms with E-state index in [2.05, 4.69) is 15.2 Å². The molecule has 1 aromatic carbocycles. The lowest BCUT2D eigenvalue weighted by atomic mass is 10.1. The van der Waals surface area contributed by atoms with Crippen molar-refractivity contribution in [2.75, 3.05) is 18.0 Å². The number of carbonyl (C=O) groups is 1. The quantitative estimate of drug-likeness (QED) is 0.657. The standard InChI is InChI=1S/C23H27N5O3/c1-2-27-22(30)18-10-4-5-11-19(18)28(23(27)31)16-20(29)25-15-17-9-8-12-24-21(17)26-13-6-3-7-14-26/h4-5,8-12H,2-3,6-7,13-16H2,1H3,(H,25,29). The van der Waals surface area contributed by atoms with Crippen LogP contribution in [0, 0.1) is 0 Å². The first-order valence-corrected chi connectivity index (χ1v) is 10.8. The van der Waals surface area contributed by atoms with Gasteiger partial charge < -0.3 is 10.2 Å². The van der Waals surface area contributed by atoms with E-state index in [1.54, 1.807) is 37.4 Å². The number of hydrogen-bond donors (Lipinski definition) is 1. The summed E-state index contributed by atoms with van der Waals surface area (Å²) in [5, 5.41) is 3.35.